The Kier molecular flexibility index (Phi) is 5.55. The number of urea groups is 1. The molecule has 0 spiro atoms. The minimum Gasteiger partial charge on any atom is -0.374 e. The lowest BCUT2D eigenvalue weighted by Gasteiger charge is -2.18. The zero-order chi connectivity index (χ0) is 15.3. The number of amides is 3. The van der Waals surface area contributed by atoms with Gasteiger partial charge in [0.05, 0.1) is 0 Å². The third-order valence-electron chi connectivity index (χ3n) is 3.03. The minimum atomic E-state index is -0.492. The zero-order valence-electron chi connectivity index (χ0n) is 12.7. The lowest BCUT2D eigenvalue weighted by Crippen LogP contribution is -2.47. The Balaban J connectivity index is 2.62. The first-order chi connectivity index (χ1) is 9.31. The summed E-state index contributed by atoms with van der Waals surface area (Å²) in [6.45, 7) is 9.40. The van der Waals surface area contributed by atoms with Crippen LogP contribution < -0.4 is 16.0 Å². The molecular formula is C15H23N3O2. The van der Waals surface area contributed by atoms with E-state index < -0.39 is 12.1 Å². The molecule has 0 bridgehead atoms. The first-order valence-electron chi connectivity index (χ1n) is 6.75. The van der Waals surface area contributed by atoms with E-state index in [2.05, 4.69) is 16.0 Å². The second kappa shape index (κ2) is 6.93. The average Bonchev–Trinajstić information content (AvgIpc) is 2.33. The Morgan fingerprint density at radius 1 is 1.10 bits per heavy atom. The van der Waals surface area contributed by atoms with E-state index in [4.69, 9.17) is 0 Å². The van der Waals surface area contributed by atoms with E-state index >= 15 is 0 Å². The Morgan fingerprint density at radius 2 is 1.75 bits per heavy atom. The molecule has 3 N–H and O–H groups in total. The summed E-state index contributed by atoms with van der Waals surface area (Å²) in [6.07, 6.45) is 0. The molecule has 0 saturated heterocycles. The van der Waals surface area contributed by atoms with Crippen LogP contribution in [-0.4, -0.2) is 24.0 Å². The lowest BCUT2D eigenvalue weighted by atomic mass is 10.1. The highest BCUT2D eigenvalue weighted by Crippen LogP contribution is 2.18. The molecule has 1 rings (SSSR count). The summed E-state index contributed by atoms with van der Waals surface area (Å²) >= 11 is 0. The van der Waals surface area contributed by atoms with Gasteiger partial charge in [-0.25, -0.2) is 4.79 Å². The van der Waals surface area contributed by atoms with Gasteiger partial charge in [-0.3, -0.25) is 10.1 Å². The van der Waals surface area contributed by atoms with E-state index in [9.17, 15) is 9.59 Å². The molecule has 0 heterocycles. The largest absolute Gasteiger partial charge is 0.374 e. The van der Waals surface area contributed by atoms with Gasteiger partial charge in [-0.2, -0.15) is 0 Å². The van der Waals surface area contributed by atoms with E-state index in [-0.39, 0.29) is 11.9 Å². The van der Waals surface area contributed by atoms with E-state index in [1.807, 2.05) is 45.9 Å². The van der Waals surface area contributed by atoms with Crippen molar-refractivity contribution in [3.05, 3.63) is 29.3 Å². The number of anilines is 1. The third-order valence-corrected chi connectivity index (χ3v) is 3.03. The number of benzene rings is 1. The van der Waals surface area contributed by atoms with Crippen LogP contribution in [0.15, 0.2) is 18.2 Å². The molecule has 0 aliphatic carbocycles. The van der Waals surface area contributed by atoms with Crippen LogP contribution in [0.25, 0.3) is 0 Å². The smallest absolute Gasteiger partial charge is 0.321 e. The molecule has 110 valence electrons. The summed E-state index contributed by atoms with van der Waals surface area (Å²) in [5.74, 6) is -0.357. The van der Waals surface area contributed by atoms with Gasteiger partial charge in [-0.05, 0) is 51.8 Å². The van der Waals surface area contributed by atoms with Crippen molar-refractivity contribution in [1.29, 1.82) is 0 Å². The number of carbonyl (C=O) groups is 2. The van der Waals surface area contributed by atoms with Gasteiger partial charge in [-0.1, -0.05) is 12.1 Å². The predicted octanol–water partition coefficient (Wildman–Crippen LogP) is 2.34. The maximum atomic E-state index is 11.9. The number of aryl methyl sites for hydroxylation is 1. The van der Waals surface area contributed by atoms with Crippen LogP contribution in [0.3, 0.4) is 0 Å². The second-order valence-electron chi connectivity index (χ2n) is 5.23. The van der Waals surface area contributed by atoms with Gasteiger partial charge in [0, 0.05) is 11.7 Å². The van der Waals surface area contributed by atoms with Crippen molar-refractivity contribution in [3.8, 4) is 0 Å². The molecule has 0 aliphatic rings. The molecule has 0 unspecified atom stereocenters. The van der Waals surface area contributed by atoms with Crippen molar-refractivity contribution in [2.45, 2.75) is 46.7 Å². The van der Waals surface area contributed by atoms with Gasteiger partial charge in [0.1, 0.15) is 6.04 Å². The number of hydrogen-bond donors (Lipinski definition) is 3. The summed E-state index contributed by atoms with van der Waals surface area (Å²) in [7, 11) is 0. The summed E-state index contributed by atoms with van der Waals surface area (Å²) < 4.78 is 0. The van der Waals surface area contributed by atoms with Gasteiger partial charge in [0.15, 0.2) is 0 Å². The fourth-order valence-electron chi connectivity index (χ4n) is 1.72. The number of nitrogens with one attached hydrogen (secondary N) is 3. The third kappa shape index (κ3) is 4.57. The molecule has 1 atom stereocenters. The molecule has 1 aromatic carbocycles. The van der Waals surface area contributed by atoms with Gasteiger partial charge < -0.3 is 10.6 Å². The van der Waals surface area contributed by atoms with Crippen LogP contribution in [0.2, 0.25) is 0 Å². The standard InChI is InChI=1S/C15H23N3O2/c1-9(2)16-15(20)18-14(19)12(5)17-13-8-6-7-10(3)11(13)4/h6-9,12,17H,1-5H3,(H2,16,18,19,20)/t12-/m0/s1. The highest BCUT2D eigenvalue weighted by atomic mass is 16.2. The molecule has 1 aromatic rings. The van der Waals surface area contributed by atoms with Crippen molar-refractivity contribution >= 4 is 17.6 Å². The maximum absolute atomic E-state index is 11.9. The summed E-state index contributed by atoms with van der Waals surface area (Å²) in [4.78, 5) is 23.4. The predicted molar refractivity (Wildman–Crippen MR) is 80.8 cm³/mol. The van der Waals surface area contributed by atoms with Crippen molar-refractivity contribution in [2.75, 3.05) is 5.32 Å². The summed E-state index contributed by atoms with van der Waals surface area (Å²) in [6, 6.07) is 4.89. The van der Waals surface area contributed by atoms with Crippen LogP contribution in [-0.2, 0) is 4.79 Å². The van der Waals surface area contributed by atoms with Gasteiger partial charge >= 0.3 is 6.03 Å². The normalized spacial score (nSPS) is 11.9. The van der Waals surface area contributed by atoms with Crippen LogP contribution in [0.4, 0.5) is 10.5 Å². The van der Waals surface area contributed by atoms with E-state index in [1.165, 1.54) is 0 Å². The fourth-order valence-corrected chi connectivity index (χ4v) is 1.72. The topological polar surface area (TPSA) is 70.2 Å². The van der Waals surface area contributed by atoms with Crippen molar-refractivity contribution in [1.82, 2.24) is 10.6 Å². The Hall–Kier alpha value is -2.04. The highest BCUT2D eigenvalue weighted by Gasteiger charge is 2.16. The molecular weight excluding hydrogens is 254 g/mol. The van der Waals surface area contributed by atoms with Crippen molar-refractivity contribution in [3.63, 3.8) is 0 Å². The minimum absolute atomic E-state index is 0.00918. The highest BCUT2D eigenvalue weighted by molar-refractivity contribution is 5.98. The first-order valence-corrected chi connectivity index (χ1v) is 6.75. The van der Waals surface area contributed by atoms with E-state index in [1.54, 1.807) is 6.92 Å². The molecule has 0 fully saturated rings. The maximum Gasteiger partial charge on any atom is 0.321 e. The quantitative estimate of drug-likeness (QED) is 0.791. The number of rotatable bonds is 4. The van der Waals surface area contributed by atoms with Crippen molar-refractivity contribution < 1.29 is 9.59 Å². The fraction of sp³-hybridized carbons (Fsp3) is 0.467. The van der Waals surface area contributed by atoms with Crippen LogP contribution in [0.1, 0.15) is 31.9 Å². The second-order valence-corrected chi connectivity index (χ2v) is 5.23. The van der Waals surface area contributed by atoms with Crippen molar-refractivity contribution in [2.24, 2.45) is 0 Å². The molecule has 0 aromatic heterocycles. The van der Waals surface area contributed by atoms with E-state index in [0.29, 0.717) is 0 Å². The molecule has 5 heteroatoms. The van der Waals surface area contributed by atoms with Crippen LogP contribution >= 0.6 is 0 Å². The molecule has 0 radical (unpaired) electrons. The summed E-state index contributed by atoms with van der Waals surface area (Å²) in [5, 5.41) is 8.05. The molecule has 3 amide bonds. The zero-order valence-corrected chi connectivity index (χ0v) is 12.7. The van der Waals surface area contributed by atoms with Gasteiger partial charge in [0.2, 0.25) is 5.91 Å². The molecule has 5 nitrogen and oxygen atoms in total. The van der Waals surface area contributed by atoms with Gasteiger partial charge in [-0.15, -0.1) is 0 Å². The Labute approximate surface area is 120 Å². The first kappa shape index (κ1) is 16.0. The monoisotopic (exact) mass is 277 g/mol. The molecule has 20 heavy (non-hydrogen) atoms. The van der Waals surface area contributed by atoms with Gasteiger partial charge in [0.25, 0.3) is 0 Å². The average molecular weight is 277 g/mol. The Morgan fingerprint density at radius 3 is 2.35 bits per heavy atom. The SMILES string of the molecule is Cc1cccc(N[C@@H](C)C(=O)NC(=O)NC(C)C)c1C. The molecule has 0 aliphatic heterocycles. The van der Waals surface area contributed by atoms with Crippen LogP contribution in [0.5, 0.6) is 0 Å². The summed E-state index contributed by atoms with van der Waals surface area (Å²) in [5.41, 5.74) is 3.15. The lowest BCUT2D eigenvalue weighted by molar-refractivity contribution is -0.120. The number of carbonyl (C=O) groups excluding carboxylic acids is 2. The van der Waals surface area contributed by atoms with E-state index in [0.717, 1.165) is 16.8 Å². The molecule has 0 saturated carbocycles. The van der Waals surface area contributed by atoms with Crippen LogP contribution in [0, 0.1) is 13.8 Å². The number of hydrogen-bond acceptors (Lipinski definition) is 3. The number of imide groups is 1. The Bertz CT molecular complexity index is 498.